The molecule has 0 aromatic heterocycles. The lowest BCUT2D eigenvalue weighted by Crippen LogP contribution is -2.67. The number of hydrogen-bond donors (Lipinski definition) is 0. The predicted molar refractivity (Wildman–Crippen MR) is 116 cm³/mol. The summed E-state index contributed by atoms with van der Waals surface area (Å²) in [5.41, 5.74) is 0. The average Bonchev–Trinajstić information content (AvgIpc) is 2.65. The highest BCUT2D eigenvalue weighted by Crippen LogP contribution is 2.44. The van der Waals surface area contributed by atoms with Crippen molar-refractivity contribution in [2.75, 3.05) is 12.8 Å². The molecule has 6 unspecified atom stereocenters. The number of fused-ring (bicyclic) bond motifs is 1. The summed E-state index contributed by atoms with van der Waals surface area (Å²) in [4.78, 5) is 28.9. The molecule has 0 aromatic carbocycles. The van der Waals surface area contributed by atoms with Crippen LogP contribution >= 0.6 is 0 Å². The summed E-state index contributed by atoms with van der Waals surface area (Å²) in [6.45, 7) is 7.58. The van der Waals surface area contributed by atoms with Gasteiger partial charge in [-0.25, -0.2) is 17.6 Å². The van der Waals surface area contributed by atoms with E-state index in [4.69, 9.17) is 4.74 Å². The van der Waals surface area contributed by atoms with Gasteiger partial charge < -0.3 is 14.5 Å². The largest absolute Gasteiger partial charge is 0.447 e. The number of carbonyl (C=O) groups is 2. The summed E-state index contributed by atoms with van der Waals surface area (Å²) < 4.78 is 44.0. The predicted octanol–water partition coefficient (Wildman–Crippen LogP) is 3.17. The minimum atomic E-state index is -3.45. The van der Waals surface area contributed by atoms with E-state index in [-0.39, 0.29) is 54.5 Å². The van der Waals surface area contributed by atoms with Gasteiger partial charge in [0.05, 0.1) is 23.4 Å². The molecule has 1 aliphatic heterocycles. The van der Waals surface area contributed by atoms with Crippen molar-refractivity contribution in [3.05, 3.63) is 0 Å². The van der Waals surface area contributed by atoms with Crippen LogP contribution in [0.25, 0.3) is 0 Å². The maximum absolute atomic E-state index is 14.3. The van der Waals surface area contributed by atoms with Crippen LogP contribution in [-0.4, -0.2) is 78.7 Å². The molecular formula is C22H37FN2O5S. The molecule has 2 aliphatic carbocycles. The maximum atomic E-state index is 14.3. The maximum Gasteiger partial charge on any atom is 0.410 e. The summed E-state index contributed by atoms with van der Waals surface area (Å²) in [6.07, 6.45) is 2.79. The monoisotopic (exact) mass is 460 g/mol. The van der Waals surface area contributed by atoms with Gasteiger partial charge in [0, 0.05) is 25.8 Å². The third kappa shape index (κ3) is 5.17. The fourth-order valence-electron chi connectivity index (χ4n) is 6.10. The van der Waals surface area contributed by atoms with E-state index in [1.54, 1.807) is 11.8 Å². The van der Waals surface area contributed by atoms with E-state index in [1.807, 2.05) is 25.7 Å². The molecule has 7 atom stereocenters. The lowest BCUT2D eigenvalue weighted by Gasteiger charge is -2.54. The van der Waals surface area contributed by atoms with Crippen molar-refractivity contribution in [2.45, 2.75) is 102 Å². The first-order chi connectivity index (χ1) is 14.4. The van der Waals surface area contributed by atoms with Crippen LogP contribution in [0.15, 0.2) is 0 Å². The molecule has 0 aromatic rings. The molecule has 0 N–H and O–H groups in total. The summed E-state index contributed by atoms with van der Waals surface area (Å²) in [6, 6.07) is -0.322. The van der Waals surface area contributed by atoms with Crippen molar-refractivity contribution in [3.8, 4) is 0 Å². The minimum absolute atomic E-state index is 0.00732. The van der Waals surface area contributed by atoms with Crippen LogP contribution in [0.4, 0.5) is 9.18 Å². The highest BCUT2D eigenvalue weighted by molar-refractivity contribution is 7.91. The second-order valence-corrected chi connectivity index (χ2v) is 12.3. The molecule has 0 bridgehead atoms. The van der Waals surface area contributed by atoms with E-state index in [9.17, 15) is 22.4 Å². The molecule has 3 fully saturated rings. The summed E-state index contributed by atoms with van der Waals surface area (Å²) in [7, 11) is -3.45. The van der Waals surface area contributed by atoms with E-state index in [2.05, 4.69) is 0 Å². The number of halogens is 1. The molecular weight excluding hydrogens is 423 g/mol. The Morgan fingerprint density at radius 3 is 2.23 bits per heavy atom. The van der Waals surface area contributed by atoms with E-state index in [0.717, 1.165) is 19.1 Å². The number of ether oxygens (including phenoxy) is 1. The number of piperazine rings is 1. The fourth-order valence-corrected chi connectivity index (χ4v) is 7.37. The first-order valence-corrected chi connectivity index (χ1v) is 13.4. The molecule has 1 saturated heterocycles. The zero-order valence-corrected chi connectivity index (χ0v) is 20.1. The van der Waals surface area contributed by atoms with Crippen molar-refractivity contribution < 1.29 is 27.1 Å². The number of sulfone groups is 1. The SMILES string of the molecule is CC(=O)N1C2CCC(C3CCC(F)C(S(C)(=O)=O)C3)CC2N(C(=O)OC(C)C)C[C@@H]1C. The van der Waals surface area contributed by atoms with Crippen LogP contribution in [0.3, 0.4) is 0 Å². The molecule has 7 nitrogen and oxygen atoms in total. The van der Waals surface area contributed by atoms with Crippen molar-refractivity contribution in [2.24, 2.45) is 11.8 Å². The van der Waals surface area contributed by atoms with Gasteiger partial charge in [0.1, 0.15) is 6.17 Å². The van der Waals surface area contributed by atoms with Gasteiger partial charge in [0.2, 0.25) is 5.91 Å². The molecule has 3 aliphatic rings. The van der Waals surface area contributed by atoms with Crippen LogP contribution in [0.2, 0.25) is 0 Å². The Bertz CT molecular complexity index is 789. The third-order valence-corrected chi connectivity index (χ3v) is 9.01. The van der Waals surface area contributed by atoms with Crippen LogP contribution < -0.4 is 0 Å². The van der Waals surface area contributed by atoms with E-state index >= 15 is 0 Å². The van der Waals surface area contributed by atoms with E-state index in [1.165, 1.54) is 0 Å². The standard InChI is InChI=1S/C22H37FN2O5S/c1-13(2)30-22(27)24-12-14(3)25(15(4)26)19-9-7-16(10-20(19)24)17-6-8-18(23)21(11-17)31(5,28)29/h13-14,16-21H,6-12H2,1-5H3/t14-,16?,17?,18?,19?,20?,21?/m0/s1. The molecule has 0 spiro atoms. The smallest absolute Gasteiger partial charge is 0.410 e. The molecule has 3 rings (SSSR count). The Morgan fingerprint density at radius 1 is 1.03 bits per heavy atom. The quantitative estimate of drug-likeness (QED) is 0.646. The first-order valence-electron chi connectivity index (χ1n) is 11.5. The normalized spacial score (nSPS) is 36.8. The summed E-state index contributed by atoms with van der Waals surface area (Å²) in [5, 5.41) is -0.939. The van der Waals surface area contributed by atoms with Gasteiger partial charge in [-0.3, -0.25) is 4.79 Å². The van der Waals surface area contributed by atoms with Crippen LogP contribution in [0, 0.1) is 11.8 Å². The van der Waals surface area contributed by atoms with Gasteiger partial charge in [0.25, 0.3) is 0 Å². The Labute approximate surface area is 185 Å². The topological polar surface area (TPSA) is 84.0 Å². The van der Waals surface area contributed by atoms with Crippen molar-refractivity contribution in [3.63, 3.8) is 0 Å². The summed E-state index contributed by atoms with van der Waals surface area (Å²) >= 11 is 0. The Balaban J connectivity index is 1.81. The van der Waals surface area contributed by atoms with Crippen molar-refractivity contribution in [1.29, 1.82) is 0 Å². The van der Waals surface area contributed by atoms with Gasteiger partial charge in [-0.1, -0.05) is 0 Å². The third-order valence-electron chi connectivity index (χ3n) is 7.42. The highest BCUT2D eigenvalue weighted by atomic mass is 32.2. The van der Waals surface area contributed by atoms with Gasteiger partial charge >= 0.3 is 6.09 Å². The molecule has 0 radical (unpaired) electrons. The second kappa shape index (κ2) is 9.24. The molecule has 2 amide bonds. The molecule has 31 heavy (non-hydrogen) atoms. The number of alkyl halides is 1. The van der Waals surface area contributed by atoms with Gasteiger partial charge in [-0.05, 0) is 71.1 Å². The van der Waals surface area contributed by atoms with Gasteiger partial charge in [0.15, 0.2) is 9.84 Å². The number of amides is 2. The first kappa shape index (κ1) is 24.3. The van der Waals surface area contributed by atoms with Crippen LogP contribution in [0.1, 0.15) is 66.2 Å². The molecule has 9 heteroatoms. The molecule has 2 saturated carbocycles. The number of hydrogen-bond acceptors (Lipinski definition) is 5. The van der Waals surface area contributed by atoms with E-state index < -0.39 is 21.3 Å². The zero-order chi connectivity index (χ0) is 23.1. The van der Waals surface area contributed by atoms with Crippen LogP contribution in [0.5, 0.6) is 0 Å². The van der Waals surface area contributed by atoms with Gasteiger partial charge in [-0.2, -0.15) is 0 Å². The van der Waals surface area contributed by atoms with Crippen LogP contribution in [-0.2, 0) is 19.4 Å². The van der Waals surface area contributed by atoms with Gasteiger partial charge in [-0.15, -0.1) is 0 Å². The number of rotatable bonds is 3. The average molecular weight is 461 g/mol. The Hall–Kier alpha value is -1.38. The lowest BCUT2D eigenvalue weighted by molar-refractivity contribution is -0.142. The molecule has 178 valence electrons. The van der Waals surface area contributed by atoms with Crippen molar-refractivity contribution >= 4 is 21.8 Å². The van der Waals surface area contributed by atoms with Crippen molar-refractivity contribution in [1.82, 2.24) is 9.80 Å². The summed E-state index contributed by atoms with van der Waals surface area (Å²) in [5.74, 6) is 0.322. The lowest BCUT2D eigenvalue weighted by atomic mass is 9.69. The fraction of sp³-hybridized carbons (Fsp3) is 0.909. The highest BCUT2D eigenvalue weighted by Gasteiger charge is 2.49. The Morgan fingerprint density at radius 2 is 1.65 bits per heavy atom. The zero-order valence-electron chi connectivity index (χ0n) is 19.3. The number of carbonyl (C=O) groups excluding carboxylic acids is 2. The Kier molecular flexibility index (Phi) is 7.23. The minimum Gasteiger partial charge on any atom is -0.447 e. The second-order valence-electron chi connectivity index (χ2n) is 10.0. The number of nitrogens with zero attached hydrogens (tertiary/aromatic N) is 2. The van der Waals surface area contributed by atoms with E-state index in [0.29, 0.717) is 25.8 Å². The molecule has 1 heterocycles.